The Bertz CT molecular complexity index is 2370. The highest BCUT2D eigenvalue weighted by atomic mass is 16.5. The summed E-state index contributed by atoms with van der Waals surface area (Å²) in [5.41, 5.74) is 5.54. The first-order chi connectivity index (χ1) is 28.7. The van der Waals surface area contributed by atoms with Crippen LogP contribution in [0.2, 0.25) is 0 Å². The van der Waals surface area contributed by atoms with E-state index >= 15 is 0 Å². The topological polar surface area (TPSA) is 156 Å². The summed E-state index contributed by atoms with van der Waals surface area (Å²) in [4.78, 5) is 59.8. The number of rotatable bonds is 11. The number of aliphatic hydroxyl groups excluding tert-OH is 1. The van der Waals surface area contributed by atoms with Gasteiger partial charge >= 0.3 is 0 Å². The molecule has 13 heteroatoms. The summed E-state index contributed by atoms with van der Waals surface area (Å²) in [6.45, 7) is 4.80. The van der Waals surface area contributed by atoms with Crippen LogP contribution >= 0.6 is 0 Å². The number of aryl methyl sites for hydroxylation is 2. The third-order valence-electron chi connectivity index (χ3n) is 11.3. The molecule has 59 heavy (non-hydrogen) atoms. The Morgan fingerprint density at radius 3 is 2.49 bits per heavy atom. The van der Waals surface area contributed by atoms with Crippen molar-refractivity contribution in [1.82, 2.24) is 29.7 Å². The molecule has 1 unspecified atom stereocenters. The van der Waals surface area contributed by atoms with Gasteiger partial charge in [0.15, 0.2) is 0 Å². The zero-order valence-corrected chi connectivity index (χ0v) is 33.6. The van der Waals surface area contributed by atoms with Crippen LogP contribution in [0.25, 0.3) is 32.9 Å². The minimum atomic E-state index is -1.00. The largest absolute Gasteiger partial charge is 0.481 e. The van der Waals surface area contributed by atoms with Gasteiger partial charge in [-0.1, -0.05) is 24.0 Å². The lowest BCUT2D eigenvalue weighted by molar-refractivity contribution is -0.139. The molecule has 4 amide bonds. The first-order valence-corrected chi connectivity index (χ1v) is 20.3. The van der Waals surface area contributed by atoms with Gasteiger partial charge in [0.2, 0.25) is 24.1 Å². The Kier molecular flexibility index (Phi) is 13.3. The highest BCUT2D eigenvalue weighted by Gasteiger charge is 2.35. The minimum Gasteiger partial charge on any atom is -0.481 e. The summed E-state index contributed by atoms with van der Waals surface area (Å²) in [5, 5.41) is 14.1. The lowest BCUT2D eigenvalue weighted by Crippen LogP contribution is -2.53. The van der Waals surface area contributed by atoms with Crippen LogP contribution < -0.4 is 14.8 Å². The minimum absolute atomic E-state index is 0.0726. The van der Waals surface area contributed by atoms with Crippen molar-refractivity contribution in [3.05, 3.63) is 84.3 Å². The number of benzene rings is 2. The van der Waals surface area contributed by atoms with E-state index in [1.54, 1.807) is 25.1 Å². The van der Waals surface area contributed by atoms with E-state index in [2.05, 4.69) is 74.0 Å². The monoisotopic (exact) mass is 798 g/mol. The molecule has 306 valence electrons. The zero-order chi connectivity index (χ0) is 41.3. The van der Waals surface area contributed by atoms with Crippen molar-refractivity contribution in [2.24, 2.45) is 7.05 Å². The van der Waals surface area contributed by atoms with E-state index in [4.69, 9.17) is 9.47 Å². The van der Waals surface area contributed by atoms with Gasteiger partial charge in [-0.2, -0.15) is 0 Å². The third kappa shape index (κ3) is 9.96. The zero-order valence-electron chi connectivity index (χ0n) is 33.6. The van der Waals surface area contributed by atoms with Crippen molar-refractivity contribution in [2.75, 3.05) is 26.2 Å². The number of likely N-dealkylation sites (tertiary alicyclic amines) is 1. The maximum absolute atomic E-state index is 12.9. The maximum Gasteiger partial charge on any atom is 0.261 e. The number of imide groups is 2. The predicted octanol–water partition coefficient (Wildman–Crippen LogP) is 5.74. The van der Waals surface area contributed by atoms with Crippen LogP contribution in [0.3, 0.4) is 0 Å². The molecule has 1 aliphatic carbocycles. The predicted molar refractivity (Wildman–Crippen MR) is 223 cm³/mol. The van der Waals surface area contributed by atoms with Crippen LogP contribution in [0.4, 0.5) is 0 Å². The molecule has 3 fully saturated rings. The summed E-state index contributed by atoms with van der Waals surface area (Å²) in [6.07, 6.45) is 13.4. The molecule has 8 rings (SSSR count). The number of unbranched alkanes of at least 4 members (excludes halogenated alkanes) is 1. The highest BCUT2D eigenvalue weighted by Crippen LogP contribution is 2.32. The number of nitrogens with one attached hydrogen (secondary N) is 1. The Morgan fingerprint density at radius 1 is 0.966 bits per heavy atom. The molecular formula is C46H50N6O7. The summed E-state index contributed by atoms with van der Waals surface area (Å²) < 4.78 is 13.7. The number of hydrogen-bond acceptors (Lipinski definition) is 10. The van der Waals surface area contributed by atoms with E-state index in [1.165, 1.54) is 28.2 Å². The van der Waals surface area contributed by atoms with Gasteiger partial charge < -0.3 is 24.0 Å². The fraction of sp³-hybridized carbons (Fsp3) is 0.391. The fourth-order valence-electron chi connectivity index (χ4n) is 7.62. The average Bonchev–Trinajstić information content (AvgIpc) is 3.51. The van der Waals surface area contributed by atoms with Gasteiger partial charge in [-0.15, -0.1) is 0 Å². The second-order valence-electron chi connectivity index (χ2n) is 15.3. The van der Waals surface area contributed by atoms with E-state index in [9.17, 15) is 24.3 Å². The lowest BCUT2D eigenvalue weighted by Gasteiger charge is -2.29. The Balaban J connectivity index is 0.000000186. The maximum atomic E-state index is 12.9. The number of aromatic nitrogens is 3. The number of fused-ring (bicyclic) bond motifs is 3. The molecule has 5 heterocycles. The van der Waals surface area contributed by atoms with Crippen molar-refractivity contribution >= 4 is 45.9 Å². The quantitative estimate of drug-likeness (QED) is 0.0732. The molecule has 2 N–H and O–H groups in total. The van der Waals surface area contributed by atoms with Crippen LogP contribution in [0, 0.1) is 18.8 Å². The van der Waals surface area contributed by atoms with E-state index in [0.717, 1.165) is 80.1 Å². The van der Waals surface area contributed by atoms with Gasteiger partial charge in [0.1, 0.15) is 24.5 Å². The molecule has 0 bridgehead atoms. The van der Waals surface area contributed by atoms with Crippen LogP contribution in [-0.4, -0.2) is 98.1 Å². The van der Waals surface area contributed by atoms with Crippen LogP contribution in [-0.2, 0) is 21.4 Å². The smallest absolute Gasteiger partial charge is 0.261 e. The number of ether oxygens (including phenoxy) is 2. The van der Waals surface area contributed by atoms with E-state index in [1.807, 2.05) is 24.7 Å². The van der Waals surface area contributed by atoms with Crippen LogP contribution in [0.1, 0.15) is 73.7 Å². The number of aliphatic hydroxyl groups is 1. The first-order valence-electron chi connectivity index (χ1n) is 20.3. The van der Waals surface area contributed by atoms with E-state index in [0.29, 0.717) is 23.8 Å². The molecule has 3 aromatic heterocycles. The number of carbonyl (C=O) groups excluding carboxylic acids is 4. The SMILES string of the molecule is Cc1cc(OCC#CCCCN2CCC(O)CC2)ccc1C(=O)N(C=O)C1CCC(=O)NC1=O.Cn1c2ccncc2c2ccc(-c3ccc(OC4CCC4)nc3)cc21. The number of nitrogens with zero attached hydrogens (tertiary/aromatic N) is 5. The van der Waals surface area contributed by atoms with Crippen molar-refractivity contribution < 1.29 is 33.8 Å². The Labute approximate surface area is 343 Å². The van der Waals surface area contributed by atoms with Gasteiger partial charge in [0.05, 0.1) is 11.6 Å². The number of piperidine rings is 2. The second-order valence-corrected chi connectivity index (χ2v) is 15.3. The standard InChI is InChI=1S/C25H31N3O6.C21H19N3O/c1-18-16-20(34-15-5-3-2-4-12-27-13-10-19(30)11-14-27)6-7-21(18)25(33)28(17-29)22-8-9-23(31)26-24(22)32;1-24-19-9-10-22-13-18(19)17-7-5-14(11-20(17)24)15-6-8-21(23-12-15)25-16-3-2-4-16/h6-7,16-17,19,22,30H,2,4,8-15H2,1H3,(H,26,31,32);5-13,16H,2-4H2,1H3. The van der Waals surface area contributed by atoms with Gasteiger partial charge in [-0.05, 0) is 106 Å². The molecule has 1 atom stereocenters. The number of amides is 4. The van der Waals surface area contributed by atoms with Crippen molar-refractivity contribution in [2.45, 2.75) is 83.0 Å². The van der Waals surface area contributed by atoms with Crippen molar-refractivity contribution in [3.63, 3.8) is 0 Å². The summed E-state index contributed by atoms with van der Waals surface area (Å²) in [5.74, 6) is 5.70. The van der Waals surface area contributed by atoms with Gasteiger partial charge in [-0.25, -0.2) is 4.98 Å². The van der Waals surface area contributed by atoms with Crippen molar-refractivity contribution in [1.29, 1.82) is 0 Å². The molecule has 2 aliphatic heterocycles. The molecule has 5 aromatic rings. The van der Waals surface area contributed by atoms with Crippen molar-refractivity contribution in [3.8, 4) is 34.6 Å². The van der Waals surface area contributed by atoms with Gasteiger partial charge in [0, 0.05) is 85.1 Å². The molecule has 3 aliphatic rings. The summed E-state index contributed by atoms with van der Waals surface area (Å²) in [7, 11) is 2.10. The summed E-state index contributed by atoms with van der Waals surface area (Å²) >= 11 is 0. The molecule has 2 saturated heterocycles. The normalized spacial score (nSPS) is 17.2. The second kappa shape index (κ2) is 19.1. The fourth-order valence-corrected chi connectivity index (χ4v) is 7.62. The Morgan fingerprint density at radius 2 is 1.78 bits per heavy atom. The van der Waals surface area contributed by atoms with Crippen LogP contribution in [0.15, 0.2) is 73.2 Å². The first kappa shape index (κ1) is 41.1. The molecule has 0 radical (unpaired) electrons. The molecular weight excluding hydrogens is 749 g/mol. The molecule has 13 nitrogen and oxygen atoms in total. The number of hydrogen-bond donors (Lipinski definition) is 2. The number of pyridine rings is 2. The average molecular weight is 799 g/mol. The van der Waals surface area contributed by atoms with Gasteiger partial charge in [-0.3, -0.25) is 34.4 Å². The van der Waals surface area contributed by atoms with E-state index in [-0.39, 0.29) is 31.1 Å². The van der Waals surface area contributed by atoms with Gasteiger partial charge in [0.25, 0.3) is 5.91 Å². The lowest BCUT2D eigenvalue weighted by atomic mass is 9.96. The molecule has 2 aromatic carbocycles. The Hall–Kier alpha value is -6.10. The third-order valence-corrected chi connectivity index (χ3v) is 11.3. The molecule has 0 spiro atoms. The van der Waals surface area contributed by atoms with Crippen LogP contribution in [0.5, 0.6) is 11.6 Å². The molecule has 1 saturated carbocycles. The van der Waals surface area contributed by atoms with E-state index < -0.39 is 23.8 Å². The number of carbonyl (C=O) groups is 4. The summed E-state index contributed by atoms with van der Waals surface area (Å²) in [6, 6.07) is 16.5. The highest BCUT2D eigenvalue weighted by molar-refractivity contribution is 6.09.